The summed E-state index contributed by atoms with van der Waals surface area (Å²) in [6, 6.07) is 17.9. The summed E-state index contributed by atoms with van der Waals surface area (Å²) in [7, 11) is -3.94. The largest absolute Gasteiger partial charge is 0.491 e. The minimum atomic E-state index is -3.94. The van der Waals surface area contributed by atoms with Gasteiger partial charge in [-0.2, -0.15) is 0 Å². The minimum Gasteiger partial charge on any atom is -0.491 e. The van der Waals surface area contributed by atoms with Crippen LogP contribution in [0.25, 0.3) is 0 Å². The van der Waals surface area contributed by atoms with Crippen molar-refractivity contribution in [1.82, 2.24) is 5.32 Å². The number of carbonyl (C=O) groups is 1. The second-order valence-electron chi connectivity index (χ2n) is 7.14. The number of amides is 1. The quantitative estimate of drug-likeness (QED) is 0.549. The Morgan fingerprint density at radius 1 is 1.03 bits per heavy atom. The molecular formula is C23H23FN2O4S. The number of anilines is 1. The first kappa shape index (κ1) is 22.3. The van der Waals surface area contributed by atoms with E-state index in [2.05, 4.69) is 10.0 Å². The van der Waals surface area contributed by atoms with Crippen LogP contribution < -0.4 is 14.8 Å². The number of benzene rings is 3. The van der Waals surface area contributed by atoms with Gasteiger partial charge in [-0.1, -0.05) is 23.8 Å². The van der Waals surface area contributed by atoms with E-state index >= 15 is 0 Å². The van der Waals surface area contributed by atoms with Crippen molar-refractivity contribution in [2.75, 3.05) is 11.3 Å². The molecule has 2 N–H and O–H groups in total. The number of sulfonamides is 1. The van der Waals surface area contributed by atoms with E-state index in [1.54, 1.807) is 6.92 Å². The monoisotopic (exact) mass is 442 g/mol. The number of nitrogens with one attached hydrogen (secondary N) is 2. The second kappa shape index (κ2) is 9.61. The van der Waals surface area contributed by atoms with Crippen molar-refractivity contribution < 1.29 is 22.3 Å². The summed E-state index contributed by atoms with van der Waals surface area (Å²) in [6.07, 6.45) is 0. The van der Waals surface area contributed by atoms with Gasteiger partial charge >= 0.3 is 0 Å². The second-order valence-corrected chi connectivity index (χ2v) is 8.82. The Labute approximate surface area is 181 Å². The van der Waals surface area contributed by atoms with Gasteiger partial charge in [-0.15, -0.1) is 0 Å². The molecular weight excluding hydrogens is 419 g/mol. The Bertz CT molecular complexity index is 1150. The zero-order valence-corrected chi connectivity index (χ0v) is 17.9. The van der Waals surface area contributed by atoms with Crippen LogP contribution in [0.2, 0.25) is 0 Å². The Morgan fingerprint density at radius 3 is 2.39 bits per heavy atom. The molecule has 0 aromatic heterocycles. The molecule has 0 radical (unpaired) electrons. The molecule has 3 aromatic rings. The summed E-state index contributed by atoms with van der Waals surface area (Å²) < 4.78 is 46.3. The number of ether oxygens (including phenoxy) is 1. The number of halogens is 1. The van der Waals surface area contributed by atoms with E-state index in [1.165, 1.54) is 36.4 Å². The topological polar surface area (TPSA) is 84.5 Å². The Kier molecular flexibility index (Phi) is 6.91. The van der Waals surface area contributed by atoms with Crippen molar-refractivity contribution in [3.05, 3.63) is 89.7 Å². The fourth-order valence-electron chi connectivity index (χ4n) is 2.74. The van der Waals surface area contributed by atoms with Crippen LogP contribution in [0.1, 0.15) is 22.8 Å². The van der Waals surface area contributed by atoms with E-state index in [0.717, 1.165) is 17.7 Å². The van der Waals surface area contributed by atoms with E-state index < -0.39 is 21.7 Å². The zero-order valence-electron chi connectivity index (χ0n) is 17.1. The third-order valence-electron chi connectivity index (χ3n) is 4.40. The maximum atomic E-state index is 13.0. The van der Waals surface area contributed by atoms with E-state index in [1.807, 2.05) is 31.2 Å². The smallest absolute Gasteiger partial charge is 0.261 e. The molecule has 8 heteroatoms. The summed E-state index contributed by atoms with van der Waals surface area (Å²) in [5.74, 6) is -0.187. The Morgan fingerprint density at radius 2 is 1.71 bits per heavy atom. The van der Waals surface area contributed by atoms with Crippen molar-refractivity contribution in [2.45, 2.75) is 24.8 Å². The summed E-state index contributed by atoms with van der Waals surface area (Å²) >= 11 is 0. The van der Waals surface area contributed by atoms with Crippen LogP contribution in [-0.2, 0) is 10.0 Å². The van der Waals surface area contributed by atoms with Gasteiger partial charge in [0.2, 0.25) is 0 Å². The molecule has 0 aliphatic heterocycles. The molecule has 3 rings (SSSR count). The first-order chi connectivity index (χ1) is 14.7. The summed E-state index contributed by atoms with van der Waals surface area (Å²) in [6.45, 7) is 4.04. The van der Waals surface area contributed by atoms with Crippen molar-refractivity contribution in [1.29, 1.82) is 0 Å². The average Bonchev–Trinajstić information content (AvgIpc) is 2.75. The van der Waals surface area contributed by atoms with Crippen LogP contribution in [0.15, 0.2) is 77.7 Å². The standard InChI is InChI=1S/C23H23FN2O4S/c1-16-6-12-21(13-7-16)30-15-17(2)25-23(27)18-4-3-5-22(14-18)31(28,29)26-20-10-8-19(24)9-11-20/h3-14,17,26H,15H2,1-2H3,(H,25,27). The van der Waals surface area contributed by atoms with E-state index in [-0.39, 0.29) is 28.8 Å². The van der Waals surface area contributed by atoms with Crippen LogP contribution in [0.4, 0.5) is 10.1 Å². The SMILES string of the molecule is Cc1ccc(OCC(C)NC(=O)c2cccc(S(=O)(=O)Nc3ccc(F)cc3)c2)cc1. The van der Waals surface area contributed by atoms with Crippen molar-refractivity contribution in [3.8, 4) is 5.75 Å². The molecule has 0 fully saturated rings. The molecule has 31 heavy (non-hydrogen) atoms. The third kappa shape index (κ3) is 6.29. The highest BCUT2D eigenvalue weighted by Gasteiger charge is 2.17. The van der Waals surface area contributed by atoms with Crippen LogP contribution in [0, 0.1) is 12.7 Å². The Hall–Kier alpha value is -3.39. The molecule has 0 saturated carbocycles. The molecule has 1 unspecified atom stereocenters. The summed E-state index contributed by atoms with van der Waals surface area (Å²) in [4.78, 5) is 12.5. The average molecular weight is 443 g/mol. The maximum absolute atomic E-state index is 13.0. The molecule has 0 saturated heterocycles. The summed E-state index contributed by atoms with van der Waals surface area (Å²) in [5.41, 5.74) is 1.54. The molecule has 3 aromatic carbocycles. The highest BCUT2D eigenvalue weighted by atomic mass is 32.2. The van der Waals surface area contributed by atoms with Crippen molar-refractivity contribution in [3.63, 3.8) is 0 Å². The molecule has 162 valence electrons. The van der Waals surface area contributed by atoms with Crippen LogP contribution >= 0.6 is 0 Å². The highest BCUT2D eigenvalue weighted by molar-refractivity contribution is 7.92. The number of hydrogen-bond acceptors (Lipinski definition) is 4. The van der Waals surface area contributed by atoms with Gasteiger partial charge in [-0.05, 0) is 68.4 Å². The van der Waals surface area contributed by atoms with E-state index in [4.69, 9.17) is 4.74 Å². The number of carbonyl (C=O) groups excluding carboxylic acids is 1. The molecule has 0 heterocycles. The predicted octanol–water partition coefficient (Wildman–Crippen LogP) is 4.13. The van der Waals surface area contributed by atoms with Gasteiger partial charge in [-0.3, -0.25) is 9.52 Å². The molecule has 0 aliphatic rings. The molecule has 0 aliphatic carbocycles. The fraction of sp³-hybridized carbons (Fsp3) is 0.174. The normalized spacial score (nSPS) is 12.1. The minimum absolute atomic E-state index is 0.0759. The van der Waals surface area contributed by atoms with Gasteiger partial charge in [0.05, 0.1) is 10.9 Å². The lowest BCUT2D eigenvalue weighted by atomic mass is 10.2. The molecule has 0 spiro atoms. The van der Waals surface area contributed by atoms with Gasteiger partial charge in [0.15, 0.2) is 0 Å². The van der Waals surface area contributed by atoms with Gasteiger partial charge < -0.3 is 10.1 Å². The number of rotatable bonds is 8. The summed E-state index contributed by atoms with van der Waals surface area (Å²) in [5, 5.41) is 2.79. The van der Waals surface area contributed by atoms with Crippen molar-refractivity contribution in [2.24, 2.45) is 0 Å². The molecule has 1 amide bonds. The van der Waals surface area contributed by atoms with Crippen LogP contribution in [0.5, 0.6) is 5.75 Å². The molecule has 6 nitrogen and oxygen atoms in total. The van der Waals surface area contributed by atoms with E-state index in [0.29, 0.717) is 5.75 Å². The van der Waals surface area contributed by atoms with Gasteiger partial charge in [0.1, 0.15) is 18.2 Å². The fourth-order valence-corrected chi connectivity index (χ4v) is 3.85. The Balaban J connectivity index is 1.63. The van der Waals surface area contributed by atoms with E-state index in [9.17, 15) is 17.6 Å². The lowest BCUT2D eigenvalue weighted by Gasteiger charge is -2.16. The van der Waals surface area contributed by atoms with Gasteiger partial charge in [0.25, 0.3) is 15.9 Å². The first-order valence-electron chi connectivity index (χ1n) is 9.62. The highest BCUT2D eigenvalue weighted by Crippen LogP contribution is 2.18. The molecule has 0 bridgehead atoms. The van der Waals surface area contributed by atoms with Crippen LogP contribution in [-0.4, -0.2) is 27.0 Å². The van der Waals surface area contributed by atoms with Crippen LogP contribution in [0.3, 0.4) is 0 Å². The lowest BCUT2D eigenvalue weighted by Crippen LogP contribution is -2.36. The van der Waals surface area contributed by atoms with Crippen molar-refractivity contribution >= 4 is 21.6 Å². The van der Waals surface area contributed by atoms with Gasteiger partial charge in [-0.25, -0.2) is 12.8 Å². The van der Waals surface area contributed by atoms with Gasteiger partial charge in [0, 0.05) is 11.3 Å². The number of hydrogen-bond donors (Lipinski definition) is 2. The zero-order chi connectivity index (χ0) is 22.4. The number of aryl methyl sites for hydroxylation is 1. The maximum Gasteiger partial charge on any atom is 0.261 e. The third-order valence-corrected chi connectivity index (χ3v) is 5.78. The molecule has 1 atom stereocenters. The predicted molar refractivity (Wildman–Crippen MR) is 117 cm³/mol. The lowest BCUT2D eigenvalue weighted by molar-refractivity contribution is 0.0926. The first-order valence-corrected chi connectivity index (χ1v) is 11.1.